The van der Waals surface area contributed by atoms with E-state index < -0.39 is 17.1 Å². The summed E-state index contributed by atoms with van der Waals surface area (Å²) >= 11 is 0. The lowest BCUT2D eigenvalue weighted by Crippen LogP contribution is -2.45. The van der Waals surface area contributed by atoms with Crippen molar-refractivity contribution in [3.05, 3.63) is 123 Å². The van der Waals surface area contributed by atoms with Gasteiger partial charge in [0, 0.05) is 56.4 Å². The van der Waals surface area contributed by atoms with Crippen LogP contribution in [0.3, 0.4) is 0 Å². The number of benzene rings is 2. The van der Waals surface area contributed by atoms with Gasteiger partial charge in [-0.15, -0.1) is 0 Å². The molecule has 3 aliphatic heterocycles. The second-order valence-electron chi connectivity index (χ2n) is 13.8. The van der Waals surface area contributed by atoms with Crippen molar-refractivity contribution in [1.29, 1.82) is 0 Å². The molecular weight excluding hydrogens is 656 g/mol. The molecule has 1 unspecified atom stereocenters. The summed E-state index contributed by atoms with van der Waals surface area (Å²) in [6.45, 7) is 2.38. The van der Waals surface area contributed by atoms with Crippen LogP contribution < -0.4 is 21.9 Å². The number of phenolic OH excluding ortho intramolecular Hbond substituents is 1. The highest BCUT2D eigenvalue weighted by molar-refractivity contribution is 5.77. The molecule has 0 radical (unpaired) electrons. The molecule has 11 nitrogen and oxygen atoms in total. The van der Waals surface area contributed by atoms with Gasteiger partial charge in [0.05, 0.1) is 23.4 Å². The van der Waals surface area contributed by atoms with Gasteiger partial charge in [0.1, 0.15) is 23.6 Å². The maximum absolute atomic E-state index is 14.6. The van der Waals surface area contributed by atoms with Gasteiger partial charge in [0.15, 0.2) is 5.65 Å². The Morgan fingerprint density at radius 1 is 1.00 bits per heavy atom. The largest absolute Gasteiger partial charge is 0.508 e. The number of hydrogen-bond donors (Lipinski definition) is 4. The number of rotatable bonds is 8. The lowest BCUT2D eigenvalue weighted by molar-refractivity contribution is 0.175. The molecule has 2 aromatic carbocycles. The van der Waals surface area contributed by atoms with Crippen LogP contribution in [0.4, 0.5) is 8.78 Å². The molecule has 4 aromatic rings. The van der Waals surface area contributed by atoms with E-state index in [1.165, 1.54) is 21.4 Å². The highest BCUT2D eigenvalue weighted by atomic mass is 19.1. The monoisotopic (exact) mass is 695 g/mol. The number of aliphatic hydroxyl groups excluding tert-OH is 1. The summed E-state index contributed by atoms with van der Waals surface area (Å²) in [7, 11) is 0. The number of allylic oxidation sites excluding steroid dienone is 2. The van der Waals surface area contributed by atoms with Crippen LogP contribution in [0.1, 0.15) is 43.7 Å². The molecule has 1 saturated heterocycles. The summed E-state index contributed by atoms with van der Waals surface area (Å²) in [5.41, 5.74) is 2.89. The van der Waals surface area contributed by atoms with Crippen molar-refractivity contribution >= 4 is 11.0 Å². The van der Waals surface area contributed by atoms with Gasteiger partial charge in [-0.2, -0.15) is 0 Å². The average molecular weight is 696 g/mol. The van der Waals surface area contributed by atoms with Crippen LogP contribution in [-0.2, 0) is 6.54 Å². The van der Waals surface area contributed by atoms with Crippen molar-refractivity contribution < 1.29 is 19.0 Å². The first-order valence-corrected chi connectivity index (χ1v) is 17.4. The average Bonchev–Trinajstić information content (AvgIpc) is 3.73. The number of hydrogen-bond acceptors (Lipinski definition) is 9. The number of nitrogens with one attached hydrogen (secondary N) is 2. The van der Waals surface area contributed by atoms with E-state index in [0.29, 0.717) is 44.6 Å². The van der Waals surface area contributed by atoms with Gasteiger partial charge < -0.3 is 25.7 Å². The highest BCUT2D eigenvalue weighted by Crippen LogP contribution is 2.32. The molecule has 8 rings (SSSR count). The Kier molecular flexibility index (Phi) is 8.78. The number of aromatic hydroxyl groups is 1. The second-order valence-corrected chi connectivity index (χ2v) is 13.8. The van der Waals surface area contributed by atoms with Gasteiger partial charge in [-0.05, 0) is 91.3 Å². The number of likely N-dealkylation sites (tertiary alicyclic amines) is 1. The van der Waals surface area contributed by atoms with E-state index in [2.05, 4.69) is 20.5 Å². The Morgan fingerprint density at radius 2 is 1.84 bits per heavy atom. The van der Waals surface area contributed by atoms with Gasteiger partial charge in [-0.3, -0.25) is 14.3 Å². The van der Waals surface area contributed by atoms with Gasteiger partial charge in [-0.1, -0.05) is 18.2 Å². The first-order chi connectivity index (χ1) is 24.7. The summed E-state index contributed by atoms with van der Waals surface area (Å²) in [6, 6.07) is 13.4. The molecule has 2 fully saturated rings. The Morgan fingerprint density at radius 3 is 2.65 bits per heavy atom. The zero-order chi connectivity index (χ0) is 35.2. The fourth-order valence-electron chi connectivity index (χ4n) is 7.82. The summed E-state index contributed by atoms with van der Waals surface area (Å²) < 4.78 is 30.9. The van der Waals surface area contributed by atoms with Gasteiger partial charge >= 0.3 is 5.69 Å². The number of aromatic nitrogens is 3. The second kappa shape index (κ2) is 13.5. The molecule has 1 saturated carbocycles. The van der Waals surface area contributed by atoms with Crippen LogP contribution in [0.15, 0.2) is 100 Å². The Hall–Kier alpha value is -5.11. The number of β-amino-alcohol motifs (C(OH)–C–C–N with tert-alkyl or cyclic N) is 1. The first-order valence-electron chi connectivity index (χ1n) is 17.4. The third kappa shape index (κ3) is 6.60. The van der Waals surface area contributed by atoms with Crippen LogP contribution in [0.5, 0.6) is 5.75 Å². The zero-order valence-electron chi connectivity index (χ0n) is 27.9. The van der Waals surface area contributed by atoms with E-state index in [1.807, 2.05) is 30.5 Å². The molecule has 0 bridgehead atoms. The third-order valence-electron chi connectivity index (χ3n) is 10.3. The van der Waals surface area contributed by atoms with Crippen LogP contribution in [-0.4, -0.2) is 72.1 Å². The zero-order valence-corrected chi connectivity index (χ0v) is 27.9. The first kappa shape index (κ1) is 33.1. The molecule has 0 amide bonds. The van der Waals surface area contributed by atoms with Gasteiger partial charge in [0.2, 0.25) is 0 Å². The molecule has 2 atom stereocenters. The minimum Gasteiger partial charge on any atom is -0.508 e. The molecule has 4 N–H and O–H groups in total. The van der Waals surface area contributed by atoms with Crippen molar-refractivity contribution in [2.45, 2.75) is 63.0 Å². The lowest BCUT2D eigenvalue weighted by Gasteiger charge is -2.30. The molecule has 264 valence electrons. The SMILES string of the molecule is O=c1c2cc(F)cnc2n(-c2cccc(-c3ccc(O)cc3CN3CC[C@@H](O)C3)c2)c(=O)n1C1CCC(NCC2=CN3C=C(F)C=CC3N2)CC1. The predicted molar refractivity (Wildman–Crippen MR) is 189 cm³/mol. The van der Waals surface area contributed by atoms with Crippen molar-refractivity contribution in [3.63, 3.8) is 0 Å². The number of pyridine rings is 1. The minimum atomic E-state index is -0.668. The van der Waals surface area contributed by atoms with Crippen molar-refractivity contribution in [2.24, 2.45) is 0 Å². The molecule has 13 heteroatoms. The molecular formula is C38H39F2N7O4. The van der Waals surface area contributed by atoms with Crippen LogP contribution in [0, 0.1) is 5.82 Å². The maximum Gasteiger partial charge on any atom is 0.337 e. The van der Waals surface area contributed by atoms with E-state index in [4.69, 9.17) is 0 Å². The van der Waals surface area contributed by atoms with E-state index in [9.17, 15) is 28.6 Å². The standard InChI is InChI=1S/C38H39F2N7O4/c39-25-4-11-35-43-28(21-45(35)20-25)18-41-27-5-7-29(8-6-27)47-37(50)34-16-26(40)17-42-36(34)46(38(47)51)30-3-1-2-23(14-30)33-10-9-31(48)15-24(33)19-44-13-12-32(49)22-44/h1-4,9-11,14-17,20-21,27,29,32,35,41,43,48-49H,5-8,12-13,18-19,22H2/t27?,29?,32-,35?/m1/s1. The van der Waals surface area contributed by atoms with E-state index in [0.717, 1.165) is 54.0 Å². The number of aliphatic hydroxyl groups is 1. The third-order valence-corrected chi connectivity index (χ3v) is 10.3. The van der Waals surface area contributed by atoms with Gasteiger partial charge in [-0.25, -0.2) is 23.1 Å². The maximum atomic E-state index is 14.6. The fourth-order valence-corrected chi connectivity index (χ4v) is 7.82. The molecule has 51 heavy (non-hydrogen) atoms. The molecule has 4 aliphatic rings. The van der Waals surface area contributed by atoms with Crippen molar-refractivity contribution in [1.82, 2.24) is 34.6 Å². The lowest BCUT2D eigenvalue weighted by atomic mass is 9.91. The van der Waals surface area contributed by atoms with Crippen molar-refractivity contribution in [3.8, 4) is 22.6 Å². The summed E-state index contributed by atoms with van der Waals surface area (Å²) in [5.74, 6) is -0.837. The smallest absolute Gasteiger partial charge is 0.337 e. The van der Waals surface area contributed by atoms with Crippen LogP contribution in [0.2, 0.25) is 0 Å². The molecule has 2 aromatic heterocycles. The number of phenols is 1. The van der Waals surface area contributed by atoms with Crippen molar-refractivity contribution in [2.75, 3.05) is 19.6 Å². The van der Waals surface area contributed by atoms with E-state index in [-0.39, 0.29) is 47.0 Å². The topological polar surface area (TPSA) is 128 Å². The Bertz CT molecular complexity index is 2200. The number of fused-ring (bicyclic) bond motifs is 2. The normalized spacial score (nSPS) is 23.3. The Labute approximate surface area is 292 Å². The fraction of sp³-hybridized carbons (Fsp3) is 0.342. The minimum absolute atomic E-state index is 0.0217. The van der Waals surface area contributed by atoms with E-state index >= 15 is 0 Å². The molecule has 5 heterocycles. The van der Waals surface area contributed by atoms with Crippen LogP contribution in [0.25, 0.3) is 27.8 Å². The number of nitrogens with zero attached hydrogens (tertiary/aromatic N) is 5. The van der Waals surface area contributed by atoms with E-state index in [1.54, 1.807) is 29.2 Å². The number of halogens is 2. The Balaban J connectivity index is 1.07. The summed E-state index contributed by atoms with van der Waals surface area (Å²) in [4.78, 5) is 36.4. The summed E-state index contributed by atoms with van der Waals surface area (Å²) in [6.07, 6.45) is 10.3. The summed E-state index contributed by atoms with van der Waals surface area (Å²) in [5, 5.41) is 27.3. The van der Waals surface area contributed by atoms with Gasteiger partial charge in [0.25, 0.3) is 5.56 Å². The highest BCUT2D eigenvalue weighted by Gasteiger charge is 2.29. The quantitative estimate of drug-likeness (QED) is 0.215. The molecule has 0 spiro atoms. The molecule has 1 aliphatic carbocycles. The van der Waals surface area contributed by atoms with Crippen LogP contribution >= 0.6 is 0 Å². The predicted octanol–water partition coefficient (Wildman–Crippen LogP) is 4.15.